The van der Waals surface area contributed by atoms with Crippen molar-refractivity contribution in [2.24, 2.45) is 4.99 Å². The Bertz CT molecular complexity index is 427. The van der Waals surface area contributed by atoms with Gasteiger partial charge in [0.15, 0.2) is 5.96 Å². The second-order valence-electron chi connectivity index (χ2n) is 5.25. The minimum atomic E-state index is -0.195. The van der Waals surface area contributed by atoms with Crippen LogP contribution < -0.4 is 10.6 Å². The third kappa shape index (κ3) is 4.89. The Hall–Kier alpha value is -1.58. The van der Waals surface area contributed by atoms with Crippen molar-refractivity contribution >= 4 is 5.96 Å². The number of guanidine groups is 1. The van der Waals surface area contributed by atoms with Crippen LogP contribution in [0.3, 0.4) is 0 Å². The summed E-state index contributed by atoms with van der Waals surface area (Å²) in [4.78, 5) is 4.16. The van der Waals surface area contributed by atoms with Crippen molar-refractivity contribution in [1.82, 2.24) is 10.6 Å². The Balaban J connectivity index is 2.64. The third-order valence-electron chi connectivity index (χ3n) is 3.07. The molecular formula is C15H24FN3. The SMILES string of the molecule is CCCNC(=NC)NCC(C)(C)c1cccc(F)c1. The molecule has 0 aliphatic carbocycles. The van der Waals surface area contributed by atoms with Gasteiger partial charge in [-0.25, -0.2) is 4.39 Å². The van der Waals surface area contributed by atoms with Crippen LogP contribution in [0, 0.1) is 5.82 Å². The van der Waals surface area contributed by atoms with Crippen LogP contribution in [0.5, 0.6) is 0 Å². The molecule has 1 aromatic rings. The highest BCUT2D eigenvalue weighted by atomic mass is 19.1. The van der Waals surface area contributed by atoms with Crippen LogP contribution in [-0.4, -0.2) is 26.1 Å². The Labute approximate surface area is 115 Å². The van der Waals surface area contributed by atoms with Crippen LogP contribution in [0.15, 0.2) is 29.3 Å². The summed E-state index contributed by atoms with van der Waals surface area (Å²) >= 11 is 0. The summed E-state index contributed by atoms with van der Waals surface area (Å²) in [6, 6.07) is 6.75. The zero-order valence-corrected chi connectivity index (χ0v) is 12.3. The van der Waals surface area contributed by atoms with E-state index in [0.29, 0.717) is 6.54 Å². The lowest BCUT2D eigenvalue weighted by atomic mass is 9.84. The number of benzene rings is 1. The third-order valence-corrected chi connectivity index (χ3v) is 3.07. The van der Waals surface area contributed by atoms with Gasteiger partial charge in [-0.05, 0) is 24.1 Å². The quantitative estimate of drug-likeness (QED) is 0.634. The molecule has 0 spiro atoms. The molecule has 19 heavy (non-hydrogen) atoms. The van der Waals surface area contributed by atoms with Crippen molar-refractivity contribution < 1.29 is 4.39 Å². The predicted molar refractivity (Wildman–Crippen MR) is 79.1 cm³/mol. The highest BCUT2D eigenvalue weighted by Crippen LogP contribution is 2.22. The maximum Gasteiger partial charge on any atom is 0.191 e. The normalized spacial score (nSPS) is 12.4. The molecule has 2 N–H and O–H groups in total. The van der Waals surface area contributed by atoms with E-state index in [1.807, 2.05) is 6.07 Å². The summed E-state index contributed by atoms with van der Waals surface area (Å²) in [5.74, 6) is 0.588. The fraction of sp³-hybridized carbons (Fsp3) is 0.533. The molecule has 0 atom stereocenters. The Morgan fingerprint density at radius 3 is 2.63 bits per heavy atom. The largest absolute Gasteiger partial charge is 0.356 e. The van der Waals surface area contributed by atoms with Crippen molar-refractivity contribution in [3.05, 3.63) is 35.6 Å². The van der Waals surface area contributed by atoms with Gasteiger partial charge in [-0.15, -0.1) is 0 Å². The van der Waals surface area contributed by atoms with Gasteiger partial charge in [0.05, 0.1) is 0 Å². The highest BCUT2D eigenvalue weighted by molar-refractivity contribution is 5.79. The fourth-order valence-corrected chi connectivity index (χ4v) is 1.78. The Morgan fingerprint density at radius 2 is 2.05 bits per heavy atom. The smallest absolute Gasteiger partial charge is 0.191 e. The van der Waals surface area contributed by atoms with Gasteiger partial charge in [0.1, 0.15) is 5.82 Å². The molecule has 0 fully saturated rings. The molecule has 0 saturated carbocycles. The molecular weight excluding hydrogens is 241 g/mol. The van der Waals surface area contributed by atoms with E-state index in [9.17, 15) is 4.39 Å². The van der Waals surface area contributed by atoms with Crippen LogP contribution in [0.4, 0.5) is 4.39 Å². The standard InChI is InChI=1S/C15H24FN3/c1-5-9-18-14(17-4)19-11-15(2,3)12-7-6-8-13(16)10-12/h6-8,10H,5,9,11H2,1-4H3,(H2,17,18,19). The van der Waals surface area contributed by atoms with Gasteiger partial charge in [-0.3, -0.25) is 4.99 Å². The van der Waals surface area contributed by atoms with Crippen LogP contribution in [0.1, 0.15) is 32.8 Å². The first-order valence-corrected chi connectivity index (χ1v) is 6.70. The van der Waals surface area contributed by atoms with E-state index in [-0.39, 0.29) is 11.2 Å². The fourth-order valence-electron chi connectivity index (χ4n) is 1.78. The minimum absolute atomic E-state index is 0.161. The maximum absolute atomic E-state index is 13.3. The summed E-state index contributed by atoms with van der Waals surface area (Å²) in [5.41, 5.74) is 0.817. The van der Waals surface area contributed by atoms with Gasteiger partial charge in [0.25, 0.3) is 0 Å². The summed E-state index contributed by atoms with van der Waals surface area (Å²) < 4.78 is 13.3. The first-order chi connectivity index (χ1) is 8.99. The van der Waals surface area contributed by atoms with Gasteiger partial charge in [-0.1, -0.05) is 32.9 Å². The van der Waals surface area contributed by atoms with Crippen molar-refractivity contribution in [3.63, 3.8) is 0 Å². The van der Waals surface area contributed by atoms with Gasteiger partial charge < -0.3 is 10.6 Å². The van der Waals surface area contributed by atoms with Crippen molar-refractivity contribution in [2.45, 2.75) is 32.6 Å². The molecule has 0 saturated heterocycles. The molecule has 1 aromatic carbocycles. The molecule has 1 rings (SSSR count). The van der Waals surface area contributed by atoms with E-state index in [0.717, 1.165) is 24.5 Å². The van der Waals surface area contributed by atoms with E-state index in [4.69, 9.17) is 0 Å². The number of halogens is 1. The van der Waals surface area contributed by atoms with Crippen LogP contribution >= 0.6 is 0 Å². The average Bonchev–Trinajstić information content (AvgIpc) is 2.39. The monoisotopic (exact) mass is 265 g/mol. The number of hydrogen-bond donors (Lipinski definition) is 2. The Morgan fingerprint density at radius 1 is 1.32 bits per heavy atom. The number of aliphatic imine (C=N–C) groups is 1. The van der Waals surface area contributed by atoms with Crippen LogP contribution in [-0.2, 0) is 5.41 Å². The van der Waals surface area contributed by atoms with E-state index >= 15 is 0 Å². The molecule has 106 valence electrons. The van der Waals surface area contributed by atoms with Gasteiger partial charge in [0.2, 0.25) is 0 Å². The van der Waals surface area contributed by atoms with Crippen molar-refractivity contribution in [3.8, 4) is 0 Å². The van der Waals surface area contributed by atoms with E-state index in [2.05, 4.69) is 36.4 Å². The number of nitrogens with one attached hydrogen (secondary N) is 2. The molecule has 4 heteroatoms. The lowest BCUT2D eigenvalue weighted by Gasteiger charge is -2.26. The summed E-state index contributed by atoms with van der Waals surface area (Å²) in [5, 5.41) is 6.50. The molecule has 0 unspecified atom stereocenters. The summed E-state index contributed by atoms with van der Waals surface area (Å²) in [6.45, 7) is 7.86. The zero-order chi connectivity index (χ0) is 14.3. The first kappa shape index (κ1) is 15.5. The maximum atomic E-state index is 13.3. The van der Waals surface area contributed by atoms with E-state index < -0.39 is 0 Å². The van der Waals surface area contributed by atoms with Crippen LogP contribution in [0.25, 0.3) is 0 Å². The van der Waals surface area contributed by atoms with Gasteiger partial charge in [0, 0.05) is 25.6 Å². The van der Waals surface area contributed by atoms with E-state index in [1.165, 1.54) is 6.07 Å². The molecule has 0 amide bonds. The lowest BCUT2D eigenvalue weighted by Crippen LogP contribution is -2.43. The number of rotatable bonds is 5. The molecule has 0 aromatic heterocycles. The highest BCUT2D eigenvalue weighted by Gasteiger charge is 2.21. The molecule has 3 nitrogen and oxygen atoms in total. The average molecular weight is 265 g/mol. The first-order valence-electron chi connectivity index (χ1n) is 6.70. The van der Waals surface area contributed by atoms with Gasteiger partial charge in [-0.2, -0.15) is 0 Å². The second kappa shape index (κ2) is 7.12. The van der Waals surface area contributed by atoms with Crippen molar-refractivity contribution in [2.75, 3.05) is 20.1 Å². The van der Waals surface area contributed by atoms with Gasteiger partial charge >= 0.3 is 0 Å². The lowest BCUT2D eigenvalue weighted by molar-refractivity contribution is 0.503. The summed E-state index contributed by atoms with van der Waals surface area (Å²) in [7, 11) is 1.75. The van der Waals surface area contributed by atoms with E-state index in [1.54, 1.807) is 19.2 Å². The molecule has 0 aliphatic heterocycles. The number of nitrogens with zero attached hydrogens (tertiary/aromatic N) is 1. The molecule has 0 bridgehead atoms. The molecule has 0 aliphatic rings. The van der Waals surface area contributed by atoms with Crippen molar-refractivity contribution in [1.29, 1.82) is 0 Å². The Kier molecular flexibility index (Phi) is 5.80. The minimum Gasteiger partial charge on any atom is -0.356 e. The topological polar surface area (TPSA) is 36.4 Å². The predicted octanol–water partition coefficient (Wildman–Crippen LogP) is 2.68. The number of hydrogen-bond acceptors (Lipinski definition) is 1. The molecule has 0 radical (unpaired) electrons. The molecule has 0 heterocycles. The summed E-state index contributed by atoms with van der Waals surface area (Å²) in [6.07, 6.45) is 1.05. The van der Waals surface area contributed by atoms with Crippen LogP contribution in [0.2, 0.25) is 0 Å². The zero-order valence-electron chi connectivity index (χ0n) is 12.3. The second-order valence-corrected chi connectivity index (χ2v) is 5.25.